The van der Waals surface area contributed by atoms with Crippen molar-refractivity contribution < 1.29 is 64.6 Å². The van der Waals surface area contributed by atoms with Crippen molar-refractivity contribution in [3.63, 3.8) is 0 Å². The van der Waals surface area contributed by atoms with Crippen molar-refractivity contribution in [1.82, 2.24) is 0 Å². The first-order valence-corrected chi connectivity index (χ1v) is 12.2. The van der Waals surface area contributed by atoms with Crippen molar-refractivity contribution in [2.75, 3.05) is 19.8 Å². The lowest BCUT2D eigenvalue weighted by Crippen LogP contribution is -2.56. The molecule has 5 rings (SSSR count). The molecule has 9 N–H and O–H groups in total. The summed E-state index contributed by atoms with van der Waals surface area (Å²) in [6, 6.07) is 6.44. The predicted molar refractivity (Wildman–Crippen MR) is 132 cm³/mol. The van der Waals surface area contributed by atoms with Gasteiger partial charge in [-0.15, -0.1) is 0 Å². The molecule has 0 spiro atoms. The molecule has 1 aromatic heterocycles. The topological polar surface area (TPSA) is 240 Å². The van der Waals surface area contributed by atoms with Gasteiger partial charge in [-0.25, -0.2) is 0 Å². The summed E-state index contributed by atoms with van der Waals surface area (Å²) in [6.45, 7) is -1.79. The normalized spacial score (nSPS) is 32.5. The molecule has 2 saturated heterocycles. The summed E-state index contributed by atoms with van der Waals surface area (Å²) in [6.07, 6.45) is -10.4. The fourth-order valence-electron chi connectivity index (χ4n) is 4.86. The quantitative estimate of drug-likeness (QED) is 0.167. The van der Waals surface area contributed by atoms with E-state index in [4.69, 9.17) is 18.6 Å². The van der Waals surface area contributed by atoms with Gasteiger partial charge < -0.3 is 64.6 Å². The summed E-state index contributed by atoms with van der Waals surface area (Å²) in [7, 11) is 0. The molecule has 14 nitrogen and oxygen atoms in total. The second-order valence-electron chi connectivity index (χ2n) is 9.84. The fourth-order valence-corrected chi connectivity index (χ4v) is 4.86. The van der Waals surface area contributed by atoms with Crippen LogP contribution in [0.5, 0.6) is 17.2 Å². The van der Waals surface area contributed by atoms with Crippen molar-refractivity contribution >= 4 is 11.0 Å². The molecule has 2 aliphatic rings. The lowest BCUT2D eigenvalue weighted by Gasteiger charge is -2.41. The maximum Gasteiger partial charge on any atom is 0.204 e. The van der Waals surface area contributed by atoms with E-state index in [9.17, 15) is 50.8 Å². The van der Waals surface area contributed by atoms with Crippen LogP contribution in [0, 0.1) is 0 Å². The number of aromatic hydroxyl groups is 3. The molecule has 0 unspecified atom stereocenters. The molecule has 0 saturated carbocycles. The Labute approximate surface area is 225 Å². The van der Waals surface area contributed by atoms with Crippen LogP contribution in [0.15, 0.2) is 45.8 Å². The van der Waals surface area contributed by atoms with Gasteiger partial charge in [0.15, 0.2) is 11.9 Å². The highest BCUT2D eigenvalue weighted by Crippen LogP contribution is 2.43. The third-order valence-corrected chi connectivity index (χ3v) is 7.22. The predicted octanol–water partition coefficient (Wildman–Crippen LogP) is -1.44. The Morgan fingerprint density at radius 2 is 1.68 bits per heavy atom. The van der Waals surface area contributed by atoms with Crippen LogP contribution in [0.4, 0.5) is 0 Å². The van der Waals surface area contributed by atoms with E-state index in [0.29, 0.717) is 5.56 Å². The maximum absolute atomic E-state index is 13.3. The Hall–Kier alpha value is -3.31. The third kappa shape index (κ3) is 4.68. The molecule has 2 aliphatic heterocycles. The van der Waals surface area contributed by atoms with Crippen molar-refractivity contribution in [3.8, 4) is 28.4 Å². The highest BCUT2D eigenvalue weighted by molar-refractivity contribution is 5.91. The van der Waals surface area contributed by atoms with E-state index in [1.165, 1.54) is 24.3 Å². The first-order valence-electron chi connectivity index (χ1n) is 12.2. The van der Waals surface area contributed by atoms with Gasteiger partial charge in [-0.1, -0.05) is 12.1 Å². The van der Waals surface area contributed by atoms with E-state index in [1.54, 1.807) is 0 Å². The maximum atomic E-state index is 13.3. The average Bonchev–Trinajstić information content (AvgIpc) is 3.22. The first kappa shape index (κ1) is 28.2. The minimum atomic E-state index is -1.97. The number of aliphatic hydroxyl groups is 6. The van der Waals surface area contributed by atoms with Crippen LogP contribution >= 0.6 is 0 Å². The van der Waals surface area contributed by atoms with E-state index in [0.717, 1.165) is 12.3 Å². The Balaban J connectivity index is 1.49. The van der Waals surface area contributed by atoms with Crippen molar-refractivity contribution in [3.05, 3.63) is 52.4 Å². The van der Waals surface area contributed by atoms with E-state index in [1.807, 2.05) is 0 Å². The second kappa shape index (κ2) is 10.6. The number of aliphatic hydroxyl groups excluding tert-OH is 5. The van der Waals surface area contributed by atoms with Gasteiger partial charge in [-0.2, -0.15) is 0 Å². The molecule has 0 bridgehead atoms. The number of hydrogen-bond donors (Lipinski definition) is 9. The molecule has 0 radical (unpaired) electrons. The molecule has 3 aromatic rings. The number of benzene rings is 2. The Morgan fingerprint density at radius 3 is 2.33 bits per heavy atom. The minimum absolute atomic E-state index is 0.0178. The zero-order valence-electron chi connectivity index (χ0n) is 20.7. The van der Waals surface area contributed by atoms with Crippen molar-refractivity contribution in [2.24, 2.45) is 0 Å². The number of fused-ring (bicyclic) bond motifs is 1. The number of hydrogen-bond acceptors (Lipinski definition) is 14. The third-order valence-electron chi connectivity index (χ3n) is 7.22. The van der Waals surface area contributed by atoms with Crippen LogP contribution < -0.4 is 5.43 Å². The van der Waals surface area contributed by atoms with Gasteiger partial charge in [-0.3, -0.25) is 4.79 Å². The van der Waals surface area contributed by atoms with Gasteiger partial charge >= 0.3 is 0 Å². The molecular weight excluding hydrogens is 536 g/mol. The Kier molecular flexibility index (Phi) is 7.47. The molecule has 8 atom stereocenters. The summed E-state index contributed by atoms with van der Waals surface area (Å²) in [5.41, 5.74) is -2.97. The lowest BCUT2D eigenvalue weighted by atomic mass is 9.89. The van der Waals surface area contributed by atoms with Gasteiger partial charge in [0.1, 0.15) is 71.1 Å². The molecule has 3 heterocycles. The van der Waals surface area contributed by atoms with Crippen LogP contribution in [0.1, 0.15) is 11.7 Å². The number of rotatable bonds is 6. The molecule has 14 heteroatoms. The Morgan fingerprint density at radius 1 is 0.975 bits per heavy atom. The standard InChI is InChI=1S/C26H28O14/c27-8-26(36)9-39-25(24(26)35)38-7-15-19(32)20(33)21(34)23(40-15)17-14(30)5-13(29)16-18(31)12(6-37-22(16)17)10-1-3-11(28)4-2-10/h1-6,15,19-21,23-25,27-30,32-36H,7-9H2/t15-,19+,20+,21+,23-,24-,25+,26-/m0/s1. The first-order chi connectivity index (χ1) is 19.0. The van der Waals surface area contributed by atoms with E-state index in [-0.39, 0.29) is 27.8 Å². The fraction of sp³-hybridized carbons (Fsp3) is 0.423. The highest BCUT2D eigenvalue weighted by atomic mass is 16.7. The molecule has 2 aromatic carbocycles. The van der Waals surface area contributed by atoms with Gasteiger partial charge in [0.25, 0.3) is 0 Å². The number of ether oxygens (including phenoxy) is 3. The zero-order chi connectivity index (χ0) is 28.9. The highest BCUT2D eigenvalue weighted by Gasteiger charge is 2.50. The van der Waals surface area contributed by atoms with E-state index < -0.39 is 85.3 Å². The van der Waals surface area contributed by atoms with Gasteiger partial charge in [0.2, 0.25) is 5.43 Å². The van der Waals surface area contributed by atoms with Crippen LogP contribution in [0.2, 0.25) is 0 Å². The molecule has 216 valence electrons. The van der Waals surface area contributed by atoms with Crippen LogP contribution in [-0.2, 0) is 14.2 Å². The van der Waals surface area contributed by atoms with Gasteiger partial charge in [0, 0.05) is 6.07 Å². The van der Waals surface area contributed by atoms with Crippen molar-refractivity contribution in [1.29, 1.82) is 0 Å². The summed E-state index contributed by atoms with van der Waals surface area (Å²) in [5, 5.41) is 91.8. The molecule has 40 heavy (non-hydrogen) atoms. The number of phenols is 3. The molecular formula is C26H28O14. The number of phenolic OH excluding ortho intramolecular Hbond substituents is 3. The van der Waals surface area contributed by atoms with Crippen LogP contribution in [-0.4, -0.2) is 108 Å². The van der Waals surface area contributed by atoms with Crippen LogP contribution in [0.25, 0.3) is 22.1 Å². The van der Waals surface area contributed by atoms with Crippen LogP contribution in [0.3, 0.4) is 0 Å². The lowest BCUT2D eigenvalue weighted by molar-refractivity contribution is -0.252. The van der Waals surface area contributed by atoms with Gasteiger partial charge in [-0.05, 0) is 17.7 Å². The monoisotopic (exact) mass is 564 g/mol. The second-order valence-corrected chi connectivity index (χ2v) is 9.84. The molecule has 0 aliphatic carbocycles. The average molecular weight is 564 g/mol. The SMILES string of the molecule is O=c1c(-c2ccc(O)cc2)coc2c([C@@H]3O[C@@H](CO[C@@H]4OC[C@@](O)(CO)[C@H]4O)[C@@H](O)[C@@H](O)[C@H]3O)c(O)cc(O)c12. The van der Waals surface area contributed by atoms with Gasteiger partial charge in [0.05, 0.1) is 30.9 Å². The molecule has 0 amide bonds. The largest absolute Gasteiger partial charge is 0.508 e. The summed E-state index contributed by atoms with van der Waals surface area (Å²) < 4.78 is 22.0. The minimum Gasteiger partial charge on any atom is -0.508 e. The zero-order valence-corrected chi connectivity index (χ0v) is 20.7. The Bertz CT molecular complexity index is 1440. The smallest absolute Gasteiger partial charge is 0.204 e. The van der Waals surface area contributed by atoms with Crippen molar-refractivity contribution in [2.45, 2.75) is 48.5 Å². The van der Waals surface area contributed by atoms with E-state index in [2.05, 4.69) is 0 Å². The summed E-state index contributed by atoms with van der Waals surface area (Å²) >= 11 is 0. The summed E-state index contributed by atoms with van der Waals surface area (Å²) in [5.74, 6) is -1.33. The van der Waals surface area contributed by atoms with E-state index >= 15 is 0 Å². The summed E-state index contributed by atoms with van der Waals surface area (Å²) in [4.78, 5) is 13.3. The molecule has 2 fully saturated rings.